The number of aliphatic imine (C=N–C) groups is 1. The van der Waals surface area contributed by atoms with E-state index in [2.05, 4.69) is 46.4 Å². The third-order valence-electron chi connectivity index (χ3n) is 5.76. The van der Waals surface area contributed by atoms with Crippen molar-refractivity contribution in [2.75, 3.05) is 71.6 Å². The Kier molecular flexibility index (Phi) is 8.45. The number of hydrogen-bond donors (Lipinski definition) is 2. The van der Waals surface area contributed by atoms with E-state index in [9.17, 15) is 0 Å². The average molecular weight is 420 g/mol. The maximum atomic E-state index is 5.46. The first kappa shape index (κ1) is 22.5. The summed E-state index contributed by atoms with van der Waals surface area (Å²) in [4.78, 5) is 9.67. The van der Waals surface area contributed by atoms with Gasteiger partial charge in [-0.3, -0.25) is 9.89 Å². The second kappa shape index (κ2) is 11.3. The van der Waals surface area contributed by atoms with Crippen LogP contribution in [0.4, 0.5) is 5.69 Å². The van der Waals surface area contributed by atoms with Crippen LogP contribution >= 0.6 is 0 Å². The number of methoxy groups -OCH3 is 2. The van der Waals surface area contributed by atoms with E-state index in [0.29, 0.717) is 12.1 Å². The van der Waals surface area contributed by atoms with Crippen LogP contribution in [-0.2, 0) is 4.74 Å². The van der Waals surface area contributed by atoms with Crippen LogP contribution in [0.15, 0.2) is 23.2 Å². The highest BCUT2D eigenvalue weighted by Gasteiger charge is 2.24. The zero-order valence-corrected chi connectivity index (χ0v) is 18.8. The first-order valence-corrected chi connectivity index (χ1v) is 11.0. The van der Waals surface area contributed by atoms with Gasteiger partial charge >= 0.3 is 0 Å². The SMILES string of the molecule is CCNC(=NCC(C)N1CCOCC1)NC1CCN(c2cc(OC)cc(OC)c2)C1. The number of anilines is 1. The minimum atomic E-state index is 0.346. The topological polar surface area (TPSA) is 70.6 Å². The van der Waals surface area contributed by atoms with Crippen LogP contribution in [0.25, 0.3) is 0 Å². The van der Waals surface area contributed by atoms with Crippen LogP contribution < -0.4 is 25.0 Å². The summed E-state index contributed by atoms with van der Waals surface area (Å²) in [6, 6.07) is 6.79. The van der Waals surface area contributed by atoms with Crippen LogP contribution in [0.5, 0.6) is 11.5 Å². The monoisotopic (exact) mass is 419 g/mol. The van der Waals surface area contributed by atoms with Crippen LogP contribution in [0.1, 0.15) is 20.3 Å². The lowest BCUT2D eigenvalue weighted by Gasteiger charge is -2.31. The summed E-state index contributed by atoms with van der Waals surface area (Å²) in [6.07, 6.45) is 1.06. The summed E-state index contributed by atoms with van der Waals surface area (Å²) < 4.78 is 16.3. The molecule has 0 saturated carbocycles. The molecule has 0 bridgehead atoms. The molecule has 0 radical (unpaired) electrons. The second-order valence-electron chi connectivity index (χ2n) is 7.86. The van der Waals surface area contributed by atoms with Crippen molar-refractivity contribution >= 4 is 11.6 Å². The summed E-state index contributed by atoms with van der Waals surface area (Å²) in [5.41, 5.74) is 1.12. The largest absolute Gasteiger partial charge is 0.497 e. The zero-order valence-electron chi connectivity index (χ0n) is 18.8. The zero-order chi connectivity index (χ0) is 21.3. The molecule has 8 heteroatoms. The number of rotatable bonds is 8. The molecule has 0 spiro atoms. The van der Waals surface area contributed by atoms with Crippen LogP contribution in [-0.4, -0.2) is 89.6 Å². The van der Waals surface area contributed by atoms with Crippen molar-refractivity contribution in [3.8, 4) is 11.5 Å². The molecule has 30 heavy (non-hydrogen) atoms. The van der Waals surface area contributed by atoms with Gasteiger partial charge in [0.2, 0.25) is 0 Å². The van der Waals surface area contributed by atoms with Crippen molar-refractivity contribution in [3.05, 3.63) is 18.2 Å². The molecule has 2 atom stereocenters. The van der Waals surface area contributed by atoms with E-state index in [1.54, 1.807) is 14.2 Å². The minimum Gasteiger partial charge on any atom is -0.497 e. The van der Waals surface area contributed by atoms with Gasteiger partial charge in [0.25, 0.3) is 0 Å². The van der Waals surface area contributed by atoms with Crippen molar-refractivity contribution in [1.29, 1.82) is 0 Å². The van der Waals surface area contributed by atoms with Gasteiger partial charge in [0.15, 0.2) is 5.96 Å². The molecule has 2 aliphatic rings. The summed E-state index contributed by atoms with van der Waals surface area (Å²) in [5.74, 6) is 2.52. The summed E-state index contributed by atoms with van der Waals surface area (Å²) >= 11 is 0. The lowest BCUT2D eigenvalue weighted by Crippen LogP contribution is -2.46. The maximum Gasteiger partial charge on any atom is 0.191 e. The first-order chi connectivity index (χ1) is 14.6. The van der Waals surface area contributed by atoms with Crippen molar-refractivity contribution in [3.63, 3.8) is 0 Å². The van der Waals surface area contributed by atoms with E-state index >= 15 is 0 Å². The Bertz CT molecular complexity index is 671. The Morgan fingerprint density at radius 2 is 1.87 bits per heavy atom. The number of ether oxygens (including phenoxy) is 3. The number of morpholine rings is 1. The number of hydrogen-bond acceptors (Lipinski definition) is 6. The van der Waals surface area contributed by atoms with Gasteiger partial charge in [-0.25, -0.2) is 0 Å². The molecule has 2 unspecified atom stereocenters. The number of guanidine groups is 1. The predicted molar refractivity (Wildman–Crippen MR) is 121 cm³/mol. The fourth-order valence-electron chi connectivity index (χ4n) is 3.96. The average Bonchev–Trinajstić information content (AvgIpc) is 3.26. The smallest absolute Gasteiger partial charge is 0.191 e. The van der Waals surface area contributed by atoms with Gasteiger partial charge < -0.3 is 29.7 Å². The van der Waals surface area contributed by atoms with E-state index in [1.165, 1.54) is 0 Å². The van der Waals surface area contributed by atoms with Gasteiger partial charge in [-0.2, -0.15) is 0 Å². The van der Waals surface area contributed by atoms with Crippen LogP contribution in [0.2, 0.25) is 0 Å². The summed E-state index contributed by atoms with van der Waals surface area (Å²) in [6.45, 7) is 11.5. The molecule has 2 fully saturated rings. The minimum absolute atomic E-state index is 0.346. The highest BCUT2D eigenvalue weighted by atomic mass is 16.5. The number of benzene rings is 1. The molecule has 1 aromatic rings. The summed E-state index contributed by atoms with van der Waals surface area (Å²) in [7, 11) is 3.37. The van der Waals surface area contributed by atoms with Crippen LogP contribution in [0.3, 0.4) is 0 Å². The highest BCUT2D eigenvalue weighted by Crippen LogP contribution is 2.30. The highest BCUT2D eigenvalue weighted by molar-refractivity contribution is 5.80. The third-order valence-corrected chi connectivity index (χ3v) is 5.76. The normalized spacial score (nSPS) is 21.4. The van der Waals surface area contributed by atoms with Gasteiger partial charge in [0, 0.05) is 68.7 Å². The molecule has 168 valence electrons. The van der Waals surface area contributed by atoms with Gasteiger partial charge in [-0.05, 0) is 20.3 Å². The number of nitrogens with one attached hydrogen (secondary N) is 2. The molecule has 3 rings (SSSR count). The quantitative estimate of drug-likeness (QED) is 0.489. The van der Waals surface area contributed by atoms with E-state index in [1.807, 2.05) is 6.07 Å². The standard InChI is InChI=1S/C22H37N5O3/c1-5-23-22(24-15-17(2)26-8-10-30-11-9-26)25-18-6-7-27(16-18)19-12-20(28-3)14-21(13-19)29-4/h12-14,17-18H,5-11,15-16H2,1-4H3,(H2,23,24,25). The van der Waals surface area contributed by atoms with Crippen molar-refractivity contribution < 1.29 is 14.2 Å². The Morgan fingerprint density at radius 3 is 2.50 bits per heavy atom. The Labute approximate surface area is 180 Å². The molecule has 0 aliphatic carbocycles. The van der Waals surface area contributed by atoms with Crippen LogP contribution in [0, 0.1) is 0 Å². The molecule has 1 aromatic carbocycles. The van der Waals surface area contributed by atoms with Gasteiger partial charge in [-0.15, -0.1) is 0 Å². The molecular formula is C22H37N5O3. The lowest BCUT2D eigenvalue weighted by molar-refractivity contribution is 0.0220. The fourth-order valence-corrected chi connectivity index (χ4v) is 3.96. The number of nitrogens with zero attached hydrogens (tertiary/aromatic N) is 3. The van der Waals surface area contributed by atoms with Gasteiger partial charge in [0.05, 0.1) is 34.0 Å². The third kappa shape index (κ3) is 6.15. The van der Waals surface area contributed by atoms with E-state index < -0.39 is 0 Å². The molecule has 2 aliphatic heterocycles. The van der Waals surface area contributed by atoms with Crippen molar-refractivity contribution in [2.24, 2.45) is 4.99 Å². The second-order valence-corrected chi connectivity index (χ2v) is 7.86. The maximum absolute atomic E-state index is 5.46. The molecule has 2 heterocycles. The van der Waals surface area contributed by atoms with E-state index in [-0.39, 0.29) is 0 Å². The predicted octanol–water partition coefficient (Wildman–Crippen LogP) is 1.56. The Hall–Kier alpha value is -2.19. The Balaban J connectivity index is 1.57. The van der Waals surface area contributed by atoms with E-state index in [4.69, 9.17) is 19.2 Å². The molecule has 0 aromatic heterocycles. The molecule has 0 amide bonds. The van der Waals surface area contributed by atoms with Gasteiger partial charge in [0.1, 0.15) is 11.5 Å². The molecule has 2 saturated heterocycles. The fraction of sp³-hybridized carbons (Fsp3) is 0.682. The van der Waals surface area contributed by atoms with Crippen molar-refractivity contribution in [1.82, 2.24) is 15.5 Å². The van der Waals surface area contributed by atoms with E-state index in [0.717, 1.165) is 82.0 Å². The lowest BCUT2D eigenvalue weighted by atomic mass is 10.2. The molecule has 8 nitrogen and oxygen atoms in total. The molecule has 2 N–H and O–H groups in total. The molecular weight excluding hydrogens is 382 g/mol. The van der Waals surface area contributed by atoms with Crippen molar-refractivity contribution in [2.45, 2.75) is 32.4 Å². The summed E-state index contributed by atoms with van der Waals surface area (Å²) in [5, 5.41) is 7.02. The first-order valence-electron chi connectivity index (χ1n) is 11.0. The van der Waals surface area contributed by atoms with Gasteiger partial charge in [-0.1, -0.05) is 0 Å². The Morgan fingerprint density at radius 1 is 1.17 bits per heavy atom.